The van der Waals surface area contributed by atoms with E-state index >= 15 is 0 Å². The molecule has 106 valence electrons. The van der Waals surface area contributed by atoms with E-state index in [1.54, 1.807) is 23.5 Å². The second kappa shape index (κ2) is 7.20. The Labute approximate surface area is 135 Å². The fourth-order valence-electron chi connectivity index (χ4n) is 1.78. The molecule has 2 heterocycles. The Hall–Kier alpha value is -0.910. The third kappa shape index (κ3) is 4.30. The molecule has 0 saturated heterocycles. The van der Waals surface area contributed by atoms with Gasteiger partial charge in [-0.15, -0.1) is 11.3 Å². The molecule has 3 nitrogen and oxygen atoms in total. The summed E-state index contributed by atoms with van der Waals surface area (Å²) < 4.78 is 1.05. The molecular weight excluding hydrogens is 360 g/mol. The van der Waals surface area contributed by atoms with Crippen LogP contribution in [0, 0.1) is 0 Å². The second-order valence-electron chi connectivity index (χ2n) is 4.31. The Kier molecular flexibility index (Phi) is 5.57. The van der Waals surface area contributed by atoms with E-state index in [4.69, 9.17) is 11.6 Å². The van der Waals surface area contributed by atoms with Gasteiger partial charge in [0.2, 0.25) is 0 Å². The maximum Gasteiger partial charge on any atom is 0.251 e. The highest BCUT2D eigenvalue weighted by atomic mass is 79.9. The van der Waals surface area contributed by atoms with E-state index in [1.807, 2.05) is 12.1 Å². The Balaban J connectivity index is 2.04. The third-order valence-electron chi connectivity index (χ3n) is 2.67. The standard InChI is InChI=1S/C14H14BrClN2OS/c1-2-3-10-6-9(7-13(16)18-10)14(19)17-8-11-4-5-12(15)20-11/h4-7H,2-3,8H2,1H3,(H,17,19). The number of aryl methyl sites for hydroxylation is 1. The van der Waals surface area contributed by atoms with Crippen LogP contribution in [-0.4, -0.2) is 10.9 Å². The summed E-state index contributed by atoms with van der Waals surface area (Å²) in [6, 6.07) is 7.35. The molecule has 0 fully saturated rings. The largest absolute Gasteiger partial charge is 0.347 e. The molecule has 0 saturated carbocycles. The first-order chi connectivity index (χ1) is 9.58. The molecule has 1 amide bonds. The Morgan fingerprint density at radius 3 is 2.90 bits per heavy atom. The van der Waals surface area contributed by atoms with Crippen LogP contribution in [0.4, 0.5) is 0 Å². The maximum atomic E-state index is 12.1. The van der Waals surface area contributed by atoms with Crippen molar-refractivity contribution < 1.29 is 4.79 Å². The quantitative estimate of drug-likeness (QED) is 0.787. The number of thiophene rings is 1. The van der Waals surface area contributed by atoms with Gasteiger partial charge in [-0.25, -0.2) is 4.98 Å². The number of aromatic nitrogens is 1. The molecule has 2 aromatic rings. The zero-order chi connectivity index (χ0) is 14.5. The monoisotopic (exact) mass is 372 g/mol. The summed E-state index contributed by atoms with van der Waals surface area (Å²) in [5, 5.41) is 3.25. The highest BCUT2D eigenvalue weighted by Crippen LogP contribution is 2.22. The van der Waals surface area contributed by atoms with Crippen LogP contribution in [0.1, 0.15) is 34.3 Å². The number of pyridine rings is 1. The first kappa shape index (κ1) is 15.5. The fourth-order valence-corrected chi connectivity index (χ4v) is 3.43. The van der Waals surface area contributed by atoms with E-state index in [-0.39, 0.29) is 5.91 Å². The molecule has 6 heteroatoms. The molecule has 0 aromatic carbocycles. The molecule has 0 spiro atoms. The smallest absolute Gasteiger partial charge is 0.251 e. The normalized spacial score (nSPS) is 10.6. The lowest BCUT2D eigenvalue weighted by Gasteiger charge is -2.06. The molecule has 0 unspecified atom stereocenters. The first-order valence-corrected chi connectivity index (χ1v) is 8.26. The summed E-state index contributed by atoms with van der Waals surface area (Å²) in [6.07, 6.45) is 1.79. The molecule has 0 aliphatic heterocycles. The van der Waals surface area contributed by atoms with Crippen molar-refractivity contribution in [3.63, 3.8) is 0 Å². The van der Waals surface area contributed by atoms with Gasteiger partial charge >= 0.3 is 0 Å². The van der Waals surface area contributed by atoms with Gasteiger partial charge in [0.1, 0.15) is 5.15 Å². The van der Waals surface area contributed by atoms with Gasteiger partial charge in [0.15, 0.2) is 0 Å². The molecule has 0 bridgehead atoms. The van der Waals surface area contributed by atoms with Gasteiger partial charge in [0, 0.05) is 16.1 Å². The number of hydrogen-bond donors (Lipinski definition) is 1. The Bertz CT molecular complexity index is 615. The Morgan fingerprint density at radius 1 is 1.45 bits per heavy atom. The summed E-state index contributed by atoms with van der Waals surface area (Å²) in [6.45, 7) is 2.58. The lowest BCUT2D eigenvalue weighted by atomic mass is 10.1. The molecule has 0 aliphatic rings. The lowest BCUT2D eigenvalue weighted by Crippen LogP contribution is -2.22. The summed E-state index contributed by atoms with van der Waals surface area (Å²) in [7, 11) is 0. The first-order valence-electron chi connectivity index (χ1n) is 6.27. The van der Waals surface area contributed by atoms with Crippen molar-refractivity contribution in [3.05, 3.63) is 49.3 Å². The minimum atomic E-state index is -0.129. The van der Waals surface area contributed by atoms with Crippen LogP contribution < -0.4 is 5.32 Å². The molecule has 1 N–H and O–H groups in total. The van der Waals surface area contributed by atoms with Crippen molar-refractivity contribution in [2.75, 3.05) is 0 Å². The zero-order valence-corrected chi connectivity index (χ0v) is 14.1. The van der Waals surface area contributed by atoms with E-state index in [0.717, 1.165) is 27.2 Å². The van der Waals surface area contributed by atoms with Gasteiger partial charge in [-0.3, -0.25) is 4.79 Å². The van der Waals surface area contributed by atoms with Crippen molar-refractivity contribution in [1.82, 2.24) is 10.3 Å². The molecule has 0 atom stereocenters. The van der Waals surface area contributed by atoms with E-state index in [2.05, 4.69) is 33.2 Å². The number of carbonyl (C=O) groups is 1. The third-order valence-corrected chi connectivity index (χ3v) is 4.48. The summed E-state index contributed by atoms with van der Waals surface area (Å²) >= 11 is 11.0. The predicted octanol–water partition coefficient (Wildman–Crippen LogP) is 4.44. The summed E-state index contributed by atoms with van der Waals surface area (Å²) in [5.41, 5.74) is 1.41. The molecule has 2 aromatic heterocycles. The number of carbonyl (C=O) groups excluding carboxylic acids is 1. The molecule has 20 heavy (non-hydrogen) atoms. The topological polar surface area (TPSA) is 42.0 Å². The average molecular weight is 374 g/mol. The minimum Gasteiger partial charge on any atom is -0.347 e. The van der Waals surface area contributed by atoms with Gasteiger partial charge in [0.05, 0.1) is 10.3 Å². The van der Waals surface area contributed by atoms with Crippen LogP contribution in [0.25, 0.3) is 0 Å². The van der Waals surface area contributed by atoms with Crippen molar-refractivity contribution >= 4 is 44.8 Å². The minimum absolute atomic E-state index is 0.129. The number of hydrogen-bond acceptors (Lipinski definition) is 3. The molecule has 0 aliphatic carbocycles. The van der Waals surface area contributed by atoms with E-state index in [0.29, 0.717) is 17.3 Å². The van der Waals surface area contributed by atoms with Crippen LogP contribution in [0.15, 0.2) is 28.1 Å². The van der Waals surface area contributed by atoms with E-state index in [9.17, 15) is 4.79 Å². The summed E-state index contributed by atoms with van der Waals surface area (Å²) in [5.74, 6) is -0.129. The van der Waals surface area contributed by atoms with Crippen molar-refractivity contribution in [2.45, 2.75) is 26.3 Å². The van der Waals surface area contributed by atoms with Crippen molar-refractivity contribution in [3.8, 4) is 0 Å². The van der Waals surface area contributed by atoms with Crippen molar-refractivity contribution in [1.29, 1.82) is 0 Å². The number of amides is 1. The van der Waals surface area contributed by atoms with Gasteiger partial charge in [-0.05, 0) is 46.6 Å². The maximum absolute atomic E-state index is 12.1. The van der Waals surface area contributed by atoms with Gasteiger partial charge in [0.25, 0.3) is 5.91 Å². The Morgan fingerprint density at radius 2 is 2.25 bits per heavy atom. The van der Waals surface area contributed by atoms with Gasteiger partial charge < -0.3 is 5.32 Å². The summed E-state index contributed by atoms with van der Waals surface area (Å²) in [4.78, 5) is 17.4. The van der Waals surface area contributed by atoms with Crippen LogP contribution >= 0.6 is 38.9 Å². The number of rotatable bonds is 5. The van der Waals surface area contributed by atoms with Crippen LogP contribution in [0.3, 0.4) is 0 Å². The second-order valence-corrected chi connectivity index (χ2v) is 7.24. The SMILES string of the molecule is CCCc1cc(C(=O)NCc2ccc(Br)s2)cc(Cl)n1. The van der Waals surface area contributed by atoms with Crippen LogP contribution in [0.2, 0.25) is 5.15 Å². The predicted molar refractivity (Wildman–Crippen MR) is 86.4 cm³/mol. The number of halogens is 2. The van der Waals surface area contributed by atoms with Gasteiger partial charge in [-0.1, -0.05) is 24.9 Å². The van der Waals surface area contributed by atoms with Crippen LogP contribution in [-0.2, 0) is 13.0 Å². The van der Waals surface area contributed by atoms with Crippen LogP contribution in [0.5, 0.6) is 0 Å². The zero-order valence-electron chi connectivity index (χ0n) is 11.0. The highest BCUT2D eigenvalue weighted by molar-refractivity contribution is 9.11. The molecule has 0 radical (unpaired) electrons. The number of nitrogens with zero attached hydrogens (tertiary/aromatic N) is 1. The highest BCUT2D eigenvalue weighted by Gasteiger charge is 2.09. The lowest BCUT2D eigenvalue weighted by molar-refractivity contribution is 0.0951. The van der Waals surface area contributed by atoms with Gasteiger partial charge in [-0.2, -0.15) is 0 Å². The van der Waals surface area contributed by atoms with Crippen molar-refractivity contribution in [2.24, 2.45) is 0 Å². The molecular formula is C14H14BrClN2OS. The van der Waals surface area contributed by atoms with E-state index in [1.165, 1.54) is 0 Å². The molecule has 2 rings (SSSR count). The van der Waals surface area contributed by atoms with E-state index < -0.39 is 0 Å². The average Bonchev–Trinajstić information content (AvgIpc) is 2.81. The fraction of sp³-hybridized carbons (Fsp3) is 0.286. The number of nitrogens with one attached hydrogen (secondary N) is 1.